The number of aliphatic hydroxyl groups is 1. The molecule has 0 radical (unpaired) electrons. The van der Waals surface area contributed by atoms with Crippen molar-refractivity contribution in [2.75, 3.05) is 12.4 Å². The molecule has 0 aromatic heterocycles. The van der Waals surface area contributed by atoms with E-state index in [9.17, 15) is 0 Å². The monoisotopic (exact) mass is 202 g/mol. The van der Waals surface area contributed by atoms with Gasteiger partial charge in [-0.3, -0.25) is 0 Å². The quantitative estimate of drug-likeness (QED) is 0.599. The largest absolute Gasteiger partial charge is 0.396 e. The molecule has 12 heavy (non-hydrogen) atoms. The molecule has 1 aromatic rings. The highest BCUT2D eigenvalue weighted by atomic mass is 35.5. The van der Waals surface area contributed by atoms with E-state index in [0.717, 1.165) is 17.2 Å². The summed E-state index contributed by atoms with van der Waals surface area (Å²) in [5, 5.41) is 9.32. The van der Waals surface area contributed by atoms with E-state index in [1.165, 1.54) is 4.90 Å². The van der Waals surface area contributed by atoms with E-state index in [1.807, 2.05) is 24.3 Å². The number of benzene rings is 1. The van der Waals surface area contributed by atoms with Gasteiger partial charge in [0.1, 0.15) is 0 Å². The van der Waals surface area contributed by atoms with E-state index in [-0.39, 0.29) is 6.61 Å². The minimum Gasteiger partial charge on any atom is -0.396 e. The Morgan fingerprint density at radius 2 is 1.92 bits per heavy atom. The van der Waals surface area contributed by atoms with Crippen molar-refractivity contribution < 1.29 is 5.11 Å². The van der Waals surface area contributed by atoms with Gasteiger partial charge in [-0.2, -0.15) is 0 Å². The summed E-state index contributed by atoms with van der Waals surface area (Å²) in [5.41, 5.74) is 0. The Labute approximate surface area is 81.7 Å². The van der Waals surface area contributed by atoms with Crippen LogP contribution in [0.4, 0.5) is 0 Å². The van der Waals surface area contributed by atoms with Crippen molar-refractivity contribution in [1.29, 1.82) is 0 Å². The second kappa shape index (κ2) is 5.46. The molecule has 0 amide bonds. The number of hydrogen-bond acceptors (Lipinski definition) is 2. The summed E-state index contributed by atoms with van der Waals surface area (Å²) in [6, 6.07) is 7.74. The zero-order valence-corrected chi connectivity index (χ0v) is 8.24. The fourth-order valence-electron chi connectivity index (χ4n) is 0.785. The van der Waals surface area contributed by atoms with Crippen molar-refractivity contribution in [1.82, 2.24) is 0 Å². The van der Waals surface area contributed by atoms with Crippen molar-refractivity contribution in [3.8, 4) is 0 Å². The molecule has 0 aliphatic carbocycles. The van der Waals surface area contributed by atoms with Gasteiger partial charge in [-0.25, -0.2) is 0 Å². The predicted octanol–water partition coefficient (Wildman–Crippen LogP) is 2.81. The van der Waals surface area contributed by atoms with Crippen molar-refractivity contribution in [2.45, 2.75) is 11.3 Å². The van der Waals surface area contributed by atoms with Gasteiger partial charge in [0.2, 0.25) is 0 Å². The lowest BCUT2D eigenvalue weighted by Gasteiger charge is -1.99. The molecule has 0 saturated carbocycles. The molecule has 0 aliphatic rings. The first kappa shape index (κ1) is 9.90. The van der Waals surface area contributed by atoms with E-state index in [4.69, 9.17) is 16.7 Å². The molecule has 0 fully saturated rings. The van der Waals surface area contributed by atoms with Crippen LogP contribution in [0, 0.1) is 0 Å². The molecule has 0 aliphatic heterocycles. The van der Waals surface area contributed by atoms with Crippen LogP contribution >= 0.6 is 23.4 Å². The van der Waals surface area contributed by atoms with E-state index >= 15 is 0 Å². The van der Waals surface area contributed by atoms with Crippen LogP contribution in [0.25, 0.3) is 0 Å². The van der Waals surface area contributed by atoms with Gasteiger partial charge >= 0.3 is 0 Å². The Kier molecular flexibility index (Phi) is 4.51. The molecule has 0 saturated heterocycles. The molecular weight excluding hydrogens is 192 g/mol. The van der Waals surface area contributed by atoms with Gasteiger partial charge in [-0.05, 0) is 30.7 Å². The standard InChI is InChI=1S/C9H11ClOS/c10-8-2-4-9(5-3-8)12-7-1-6-11/h2-5,11H,1,6-7H2. The smallest absolute Gasteiger partial charge is 0.0439 e. The fraction of sp³-hybridized carbons (Fsp3) is 0.333. The zero-order valence-electron chi connectivity index (χ0n) is 6.66. The van der Waals surface area contributed by atoms with E-state index in [2.05, 4.69) is 0 Å². The molecule has 0 unspecified atom stereocenters. The van der Waals surface area contributed by atoms with Crippen LogP contribution in [-0.4, -0.2) is 17.5 Å². The van der Waals surface area contributed by atoms with Crippen LogP contribution in [0.15, 0.2) is 29.2 Å². The summed E-state index contributed by atoms with van der Waals surface area (Å²) in [6.07, 6.45) is 0.841. The van der Waals surface area contributed by atoms with Crippen LogP contribution in [-0.2, 0) is 0 Å². The van der Waals surface area contributed by atoms with Crippen LogP contribution in [0.2, 0.25) is 5.02 Å². The van der Waals surface area contributed by atoms with Gasteiger partial charge in [0.05, 0.1) is 0 Å². The molecular formula is C9H11ClOS. The normalized spacial score (nSPS) is 10.2. The van der Waals surface area contributed by atoms with Crippen molar-refractivity contribution >= 4 is 23.4 Å². The summed E-state index contributed by atoms with van der Waals surface area (Å²) in [6.45, 7) is 0.264. The van der Waals surface area contributed by atoms with Gasteiger partial charge in [0.25, 0.3) is 0 Å². The van der Waals surface area contributed by atoms with Crippen LogP contribution < -0.4 is 0 Å². The maximum atomic E-state index is 8.55. The minimum atomic E-state index is 0.264. The minimum absolute atomic E-state index is 0.264. The van der Waals surface area contributed by atoms with E-state index in [1.54, 1.807) is 11.8 Å². The third-order valence-corrected chi connectivity index (χ3v) is 2.74. The maximum Gasteiger partial charge on any atom is 0.0439 e. The van der Waals surface area contributed by atoms with E-state index in [0.29, 0.717) is 0 Å². The summed E-state index contributed by atoms with van der Waals surface area (Å²) in [5.74, 6) is 0.956. The highest BCUT2D eigenvalue weighted by molar-refractivity contribution is 7.99. The Morgan fingerprint density at radius 1 is 1.25 bits per heavy atom. The van der Waals surface area contributed by atoms with Gasteiger partial charge in [-0.15, -0.1) is 11.8 Å². The Balaban J connectivity index is 2.37. The summed E-state index contributed by atoms with van der Waals surface area (Å²) in [4.78, 5) is 1.20. The molecule has 1 rings (SSSR count). The average molecular weight is 203 g/mol. The third-order valence-electron chi connectivity index (χ3n) is 1.38. The lowest BCUT2D eigenvalue weighted by Crippen LogP contribution is -1.84. The predicted molar refractivity (Wildman–Crippen MR) is 53.9 cm³/mol. The van der Waals surface area contributed by atoms with Gasteiger partial charge in [0.15, 0.2) is 0 Å². The van der Waals surface area contributed by atoms with Gasteiger partial charge < -0.3 is 5.11 Å². The zero-order chi connectivity index (χ0) is 8.81. The highest BCUT2D eigenvalue weighted by Crippen LogP contribution is 2.20. The second-order valence-electron chi connectivity index (χ2n) is 2.38. The molecule has 66 valence electrons. The lowest BCUT2D eigenvalue weighted by molar-refractivity contribution is 0.296. The van der Waals surface area contributed by atoms with Crippen LogP contribution in [0.3, 0.4) is 0 Å². The number of aliphatic hydroxyl groups excluding tert-OH is 1. The SMILES string of the molecule is OCCCSc1ccc(Cl)cc1. The molecule has 0 bridgehead atoms. The Bertz CT molecular complexity index is 222. The number of halogens is 1. The van der Waals surface area contributed by atoms with E-state index < -0.39 is 0 Å². The molecule has 1 nitrogen and oxygen atoms in total. The Morgan fingerprint density at radius 3 is 2.50 bits per heavy atom. The molecule has 1 aromatic carbocycles. The molecule has 0 spiro atoms. The van der Waals surface area contributed by atoms with Crippen molar-refractivity contribution in [2.24, 2.45) is 0 Å². The number of rotatable bonds is 4. The fourth-order valence-corrected chi connectivity index (χ4v) is 1.75. The van der Waals surface area contributed by atoms with Gasteiger partial charge in [-0.1, -0.05) is 11.6 Å². The van der Waals surface area contributed by atoms with Crippen LogP contribution in [0.1, 0.15) is 6.42 Å². The molecule has 3 heteroatoms. The van der Waals surface area contributed by atoms with Gasteiger partial charge in [0, 0.05) is 22.3 Å². The first-order valence-corrected chi connectivity index (χ1v) is 5.18. The number of thioether (sulfide) groups is 1. The second-order valence-corrected chi connectivity index (χ2v) is 3.98. The lowest BCUT2D eigenvalue weighted by atomic mass is 10.4. The summed E-state index contributed by atoms with van der Waals surface area (Å²) >= 11 is 7.46. The van der Waals surface area contributed by atoms with Crippen LogP contribution in [0.5, 0.6) is 0 Å². The van der Waals surface area contributed by atoms with Crippen molar-refractivity contribution in [3.63, 3.8) is 0 Å². The average Bonchev–Trinajstić information content (AvgIpc) is 2.09. The topological polar surface area (TPSA) is 20.2 Å². The summed E-state index contributed by atoms with van der Waals surface area (Å²) < 4.78 is 0. The number of hydrogen-bond donors (Lipinski definition) is 1. The summed E-state index contributed by atoms with van der Waals surface area (Å²) in [7, 11) is 0. The first-order valence-electron chi connectivity index (χ1n) is 3.82. The van der Waals surface area contributed by atoms with Crippen molar-refractivity contribution in [3.05, 3.63) is 29.3 Å². The molecule has 0 heterocycles. The molecule has 1 N–H and O–H groups in total. The highest BCUT2D eigenvalue weighted by Gasteiger charge is 1.92. The first-order chi connectivity index (χ1) is 5.83. The third kappa shape index (κ3) is 3.48. The maximum absolute atomic E-state index is 8.55. The molecule has 0 atom stereocenters. The Hall–Kier alpha value is -0.180.